The summed E-state index contributed by atoms with van der Waals surface area (Å²) in [5.74, 6) is 0. The maximum absolute atomic E-state index is 6.42. The van der Waals surface area contributed by atoms with Crippen LogP contribution in [0.1, 0.15) is 15.8 Å². The molecule has 0 atom stereocenters. The van der Waals surface area contributed by atoms with Gasteiger partial charge in [0.1, 0.15) is 1.41 Å². The SMILES string of the molecule is CN1CCCC1.[3H]N(C)C.[3H][3H]. The van der Waals surface area contributed by atoms with Crippen LogP contribution in [0.25, 0.3) is 0 Å². The van der Waals surface area contributed by atoms with Crippen molar-refractivity contribution in [3.63, 3.8) is 0 Å². The summed E-state index contributed by atoms with van der Waals surface area (Å²) in [6, 6.07) is 0. The second kappa shape index (κ2) is 6.05. The number of hydrogen-bond donors (Lipinski definition) is 1. The highest BCUT2D eigenvalue weighted by Gasteiger charge is 2.03. The van der Waals surface area contributed by atoms with Crippen molar-refractivity contribution in [1.29, 1.82) is 0 Å². The molecule has 0 bridgehead atoms. The van der Waals surface area contributed by atoms with Crippen LogP contribution < -0.4 is 5.31 Å². The molecule has 0 spiro atoms. The molecule has 1 aliphatic rings. The molecule has 0 aromatic heterocycles. The number of rotatable bonds is 0. The summed E-state index contributed by atoms with van der Waals surface area (Å²) in [6.45, 7) is 2.64. The van der Waals surface area contributed by atoms with Crippen molar-refractivity contribution in [3.8, 4) is 0 Å². The molecule has 0 radical (unpaired) electrons. The van der Waals surface area contributed by atoms with Gasteiger partial charge in [-0.25, -0.2) is 0 Å². The normalized spacial score (nSPS) is 22.0. The van der Waals surface area contributed by atoms with E-state index in [2.05, 4.69) is 11.9 Å². The molecule has 0 aliphatic carbocycles. The van der Waals surface area contributed by atoms with Crippen LogP contribution in [0, 0.1) is 0 Å². The van der Waals surface area contributed by atoms with Gasteiger partial charge >= 0.3 is 0 Å². The topological polar surface area (TPSA) is 15.3 Å². The second-order valence-corrected chi connectivity index (χ2v) is 2.46. The van der Waals surface area contributed by atoms with E-state index in [1.165, 1.54) is 31.2 Å². The molecule has 9 heavy (non-hydrogen) atoms. The van der Waals surface area contributed by atoms with E-state index < -0.39 is 0 Å². The molecule has 0 saturated carbocycles. The summed E-state index contributed by atoms with van der Waals surface area (Å²) in [7, 11) is 5.51. The third-order valence-electron chi connectivity index (χ3n) is 1.33. The maximum Gasteiger partial charge on any atom is 0.122 e. The monoisotopic (exact) mass is 138 g/mol. The molecule has 1 heterocycles. The summed E-state index contributed by atoms with van der Waals surface area (Å²) >= 11 is 0. The molecule has 2 heteroatoms. The Kier molecular flexibility index (Phi) is 3.82. The molecule has 2 nitrogen and oxygen atoms in total. The Morgan fingerprint density at radius 2 is 1.89 bits per heavy atom. The van der Waals surface area contributed by atoms with Gasteiger partial charge in [0.05, 0.1) is 0 Å². The van der Waals surface area contributed by atoms with Crippen LogP contribution in [0.3, 0.4) is 0 Å². The first kappa shape index (κ1) is 5.69. The highest BCUT2D eigenvalue weighted by molar-refractivity contribution is 4.59. The Morgan fingerprint density at radius 3 is 2.00 bits per heavy atom. The van der Waals surface area contributed by atoms with Crippen LogP contribution in [-0.4, -0.2) is 39.1 Å². The van der Waals surface area contributed by atoms with Crippen LogP contribution in [0.5, 0.6) is 0 Å². The third-order valence-corrected chi connectivity index (χ3v) is 1.33. The quantitative estimate of drug-likeness (QED) is 0.532. The largest absolute Gasteiger partial charge is 0.323 e. The first-order chi connectivity index (χ1) is 5.63. The average molecular weight is 138 g/mol. The van der Waals surface area contributed by atoms with Gasteiger partial charge in [-0.3, -0.25) is 0 Å². The Morgan fingerprint density at radius 1 is 1.56 bits per heavy atom. The second-order valence-electron chi connectivity index (χ2n) is 2.46. The van der Waals surface area contributed by atoms with Gasteiger partial charge in [0.15, 0.2) is 0 Å². The van der Waals surface area contributed by atoms with Crippen LogP contribution in [0.2, 0.25) is 1.41 Å². The van der Waals surface area contributed by atoms with Gasteiger partial charge in [-0.2, -0.15) is 0 Å². The fourth-order valence-corrected chi connectivity index (χ4v) is 0.875. The zero-order valence-electron chi connectivity index (χ0n) is 9.72. The minimum absolute atomic E-state index is 1.25. The van der Waals surface area contributed by atoms with E-state index in [1.807, 2.05) is 0 Å². The van der Waals surface area contributed by atoms with Crippen LogP contribution in [-0.2, 0) is 0 Å². The molecule has 1 aliphatic heterocycles. The molecule has 0 aromatic carbocycles. The zero-order chi connectivity index (χ0) is 9.98. The standard InChI is InChI=1S/C5H11N.C2H7N.H2/c1-6-4-2-3-5-6;1-3-2;/h2-5H2,1H3;3H,1-2H3;1H/i;;1+2T/hT. The molecule has 58 valence electrons. The highest BCUT2D eigenvalue weighted by Crippen LogP contribution is 2.01. The first-order valence-electron chi connectivity index (χ1n) is 4.92. The van der Waals surface area contributed by atoms with Crippen LogP contribution in [0.15, 0.2) is 0 Å². The minimum atomic E-state index is 1.25. The predicted molar refractivity (Wildman–Crippen MR) is 43.8 cm³/mol. The van der Waals surface area contributed by atoms with Crippen molar-refractivity contribution >= 4 is 0 Å². The van der Waals surface area contributed by atoms with Crippen molar-refractivity contribution in [2.75, 3.05) is 34.2 Å². The molecule has 0 unspecified atom stereocenters. The summed E-state index contributed by atoms with van der Waals surface area (Å²) in [5, 5.41) is 1.25. The third kappa shape index (κ3) is 5.80. The lowest BCUT2D eigenvalue weighted by molar-refractivity contribution is 0.418. The minimum Gasteiger partial charge on any atom is -0.323 e. The van der Waals surface area contributed by atoms with Gasteiger partial charge in [-0.05, 0) is 47.1 Å². The fraction of sp³-hybridized carbons (Fsp3) is 1.00. The van der Waals surface area contributed by atoms with Gasteiger partial charge in [-0.15, -0.1) is 0 Å². The zero-order valence-corrected chi connectivity index (χ0v) is 6.72. The molecular formula is C7H20N2. The number of hydrogen-bond acceptors (Lipinski definition) is 2. The van der Waals surface area contributed by atoms with Gasteiger partial charge in [0, 0.05) is 2.97 Å². The smallest absolute Gasteiger partial charge is 0.122 e. The van der Waals surface area contributed by atoms with E-state index in [9.17, 15) is 0 Å². The van der Waals surface area contributed by atoms with Crippen molar-refractivity contribution in [3.05, 3.63) is 0 Å². The number of likely N-dealkylation sites (tertiary alicyclic amines) is 1. The van der Waals surface area contributed by atoms with E-state index >= 15 is 0 Å². The van der Waals surface area contributed by atoms with E-state index in [0.717, 1.165) is 0 Å². The predicted octanol–water partition coefficient (Wildman–Crippen LogP) is 0.794. The first-order valence-corrected chi connectivity index (χ1v) is 3.47. The van der Waals surface area contributed by atoms with Crippen molar-refractivity contribution in [1.82, 2.24) is 10.2 Å². The van der Waals surface area contributed by atoms with Crippen molar-refractivity contribution in [2.24, 2.45) is 0 Å². The Bertz CT molecular complexity index is 72.3. The van der Waals surface area contributed by atoms with Gasteiger partial charge in [-0.1, -0.05) is 0 Å². The van der Waals surface area contributed by atoms with E-state index in [-0.39, 0.29) is 0 Å². The Labute approximate surface area is 62.8 Å². The van der Waals surface area contributed by atoms with Gasteiger partial charge < -0.3 is 10.2 Å². The summed E-state index contributed by atoms with van der Waals surface area (Å²) < 4.78 is 16.4. The molecule has 1 fully saturated rings. The molecule has 1 N–H and O–H groups in total. The van der Waals surface area contributed by atoms with Crippen molar-refractivity contribution < 1.29 is 4.38 Å². The van der Waals surface area contributed by atoms with Crippen molar-refractivity contribution in [2.45, 2.75) is 12.8 Å². The van der Waals surface area contributed by atoms with E-state index in [0.29, 0.717) is 0 Å². The molecule has 1 saturated heterocycles. The number of nitrogens with one attached hydrogen (secondary N) is 1. The van der Waals surface area contributed by atoms with Crippen LogP contribution >= 0.6 is 0 Å². The maximum atomic E-state index is 6.42. The number of nitrogens with zero attached hydrogens (tertiary/aromatic N) is 1. The molecule has 0 amide bonds. The average Bonchev–Trinajstić information content (AvgIpc) is 2.43. The lowest BCUT2D eigenvalue weighted by Crippen LogP contribution is -2.10. The lowest BCUT2D eigenvalue weighted by Gasteiger charge is -2.01. The van der Waals surface area contributed by atoms with E-state index in [1.54, 1.807) is 14.1 Å². The van der Waals surface area contributed by atoms with Gasteiger partial charge in [0.2, 0.25) is 0 Å². The summed E-state index contributed by atoms with van der Waals surface area (Å²) in [4.78, 5) is 2.36. The summed E-state index contributed by atoms with van der Waals surface area (Å²) in [6.07, 6.45) is 2.83. The van der Waals surface area contributed by atoms with E-state index in [4.69, 9.17) is 4.38 Å². The molecule has 0 aromatic rings. The molecular weight excluding hydrogens is 112 g/mol. The Balaban J connectivity index is 0. The lowest BCUT2D eigenvalue weighted by atomic mass is 10.4. The highest BCUT2D eigenvalue weighted by atomic mass is 15.1. The fourth-order valence-electron chi connectivity index (χ4n) is 0.875. The van der Waals surface area contributed by atoms with Gasteiger partial charge in [0.25, 0.3) is 0 Å². The molecule has 1 rings (SSSR count). The summed E-state index contributed by atoms with van der Waals surface area (Å²) in [5.41, 5.74) is 0. The van der Waals surface area contributed by atoms with Crippen LogP contribution in [0.4, 0.5) is 0 Å². The Hall–Kier alpha value is -0.0800.